The molecule has 0 spiro atoms. The molecule has 1 saturated carbocycles. The van der Waals surface area contributed by atoms with Gasteiger partial charge in [-0.2, -0.15) is 0 Å². The van der Waals surface area contributed by atoms with E-state index in [9.17, 15) is 4.79 Å². The molecule has 1 amide bonds. The topological polar surface area (TPSA) is 42.0 Å². The van der Waals surface area contributed by atoms with E-state index in [2.05, 4.69) is 10.3 Å². The fourth-order valence-corrected chi connectivity index (χ4v) is 2.87. The molecule has 0 radical (unpaired) electrons. The van der Waals surface area contributed by atoms with Crippen LogP contribution in [-0.2, 0) is 0 Å². The van der Waals surface area contributed by atoms with Crippen molar-refractivity contribution < 1.29 is 4.79 Å². The van der Waals surface area contributed by atoms with E-state index in [0.29, 0.717) is 5.69 Å². The van der Waals surface area contributed by atoms with Crippen LogP contribution >= 0.6 is 22.9 Å². The molecular weight excluding hydrogens is 244 g/mol. The molecule has 2 atom stereocenters. The Balaban J connectivity index is 1.95. The highest BCUT2D eigenvalue weighted by Gasteiger charge is 2.24. The number of carbonyl (C=O) groups is 1. The highest BCUT2D eigenvalue weighted by Crippen LogP contribution is 2.22. The molecule has 0 saturated heterocycles. The lowest BCUT2D eigenvalue weighted by Crippen LogP contribution is -2.40. The van der Waals surface area contributed by atoms with Crippen LogP contribution in [0.5, 0.6) is 0 Å². The van der Waals surface area contributed by atoms with E-state index >= 15 is 0 Å². The quantitative estimate of drug-likeness (QED) is 0.655. The number of aromatic nitrogens is 1. The van der Waals surface area contributed by atoms with Gasteiger partial charge in [0, 0.05) is 11.4 Å². The monoisotopic (exact) mass is 258 g/mol. The summed E-state index contributed by atoms with van der Waals surface area (Å²) < 4.78 is 0. The largest absolute Gasteiger partial charge is 0.346 e. The number of alkyl halides is 1. The number of amides is 1. The highest BCUT2D eigenvalue weighted by atomic mass is 35.5. The summed E-state index contributed by atoms with van der Waals surface area (Å²) >= 11 is 7.69. The molecule has 0 bridgehead atoms. The lowest BCUT2D eigenvalue weighted by Gasteiger charge is -2.20. The van der Waals surface area contributed by atoms with Gasteiger partial charge in [0.1, 0.15) is 5.69 Å². The van der Waals surface area contributed by atoms with Crippen molar-refractivity contribution in [2.45, 2.75) is 43.5 Å². The van der Waals surface area contributed by atoms with Crippen LogP contribution in [-0.4, -0.2) is 22.3 Å². The summed E-state index contributed by atoms with van der Waals surface area (Å²) in [5, 5.41) is 4.80. The van der Waals surface area contributed by atoms with E-state index in [1.54, 1.807) is 10.9 Å². The van der Waals surface area contributed by atoms with Gasteiger partial charge in [0.2, 0.25) is 0 Å². The zero-order chi connectivity index (χ0) is 11.4. The van der Waals surface area contributed by atoms with Crippen LogP contribution in [0.25, 0.3) is 0 Å². The second kappa shape index (κ2) is 5.64. The average molecular weight is 259 g/mol. The molecule has 1 fully saturated rings. The minimum absolute atomic E-state index is 0.0603. The van der Waals surface area contributed by atoms with Crippen LogP contribution in [0.3, 0.4) is 0 Å². The SMILES string of the molecule is O=C(NC1CCCCCC1Cl)c1cscn1. The first-order valence-corrected chi connectivity index (χ1v) is 6.98. The molecule has 2 rings (SSSR count). The first-order valence-electron chi connectivity index (χ1n) is 5.60. The molecule has 0 aliphatic heterocycles. The Morgan fingerprint density at radius 3 is 3.00 bits per heavy atom. The summed E-state index contributed by atoms with van der Waals surface area (Å²) in [5.41, 5.74) is 2.17. The van der Waals surface area contributed by atoms with Gasteiger partial charge in [-0.1, -0.05) is 19.3 Å². The maximum Gasteiger partial charge on any atom is 0.271 e. The molecular formula is C11H15ClN2OS. The van der Waals surface area contributed by atoms with Crippen LogP contribution in [0.1, 0.15) is 42.6 Å². The van der Waals surface area contributed by atoms with E-state index in [1.165, 1.54) is 17.8 Å². The fraction of sp³-hybridized carbons (Fsp3) is 0.636. The molecule has 5 heteroatoms. The van der Waals surface area contributed by atoms with Gasteiger partial charge < -0.3 is 5.32 Å². The van der Waals surface area contributed by atoms with Crippen LogP contribution < -0.4 is 5.32 Å². The average Bonchev–Trinajstić information content (AvgIpc) is 2.73. The van der Waals surface area contributed by atoms with E-state index in [4.69, 9.17) is 11.6 Å². The molecule has 3 nitrogen and oxygen atoms in total. The number of halogens is 1. The summed E-state index contributed by atoms with van der Waals surface area (Å²) in [6.07, 6.45) is 5.49. The third-order valence-corrected chi connectivity index (χ3v) is 4.02. The summed E-state index contributed by atoms with van der Waals surface area (Å²) in [6.45, 7) is 0. The van der Waals surface area contributed by atoms with Crippen LogP contribution in [0.15, 0.2) is 10.9 Å². The number of rotatable bonds is 2. The minimum Gasteiger partial charge on any atom is -0.346 e. The molecule has 2 unspecified atom stereocenters. The van der Waals surface area contributed by atoms with Crippen molar-refractivity contribution in [1.29, 1.82) is 0 Å². The Hall–Kier alpha value is -0.610. The van der Waals surface area contributed by atoms with E-state index in [0.717, 1.165) is 25.7 Å². The Morgan fingerprint density at radius 1 is 1.44 bits per heavy atom. The second-order valence-corrected chi connectivity index (χ2v) is 5.39. The summed E-state index contributed by atoms with van der Waals surface area (Å²) in [4.78, 5) is 15.8. The van der Waals surface area contributed by atoms with Crippen LogP contribution in [0.2, 0.25) is 0 Å². The third-order valence-electron chi connectivity index (χ3n) is 2.91. The highest BCUT2D eigenvalue weighted by molar-refractivity contribution is 7.07. The van der Waals surface area contributed by atoms with Gasteiger partial charge in [-0.15, -0.1) is 22.9 Å². The maximum absolute atomic E-state index is 11.8. The van der Waals surface area contributed by atoms with Crippen molar-refractivity contribution in [3.8, 4) is 0 Å². The zero-order valence-corrected chi connectivity index (χ0v) is 10.6. The molecule has 1 aromatic heterocycles. The number of carbonyl (C=O) groups excluding carboxylic acids is 1. The second-order valence-electron chi connectivity index (χ2n) is 4.11. The van der Waals surface area contributed by atoms with E-state index in [1.807, 2.05) is 0 Å². The first kappa shape index (κ1) is 11.9. The number of hydrogen-bond donors (Lipinski definition) is 1. The van der Waals surface area contributed by atoms with E-state index in [-0.39, 0.29) is 17.3 Å². The van der Waals surface area contributed by atoms with Gasteiger partial charge in [0.15, 0.2) is 0 Å². The Kier molecular flexibility index (Phi) is 4.18. The molecule has 1 heterocycles. The third kappa shape index (κ3) is 2.95. The molecule has 0 aromatic carbocycles. The van der Waals surface area contributed by atoms with Crippen molar-refractivity contribution in [2.75, 3.05) is 0 Å². The smallest absolute Gasteiger partial charge is 0.271 e. The lowest BCUT2D eigenvalue weighted by molar-refractivity contribution is 0.0929. The number of hydrogen-bond acceptors (Lipinski definition) is 3. The zero-order valence-electron chi connectivity index (χ0n) is 8.99. The van der Waals surface area contributed by atoms with Crippen LogP contribution in [0, 0.1) is 0 Å². The Bertz CT molecular complexity index is 342. The minimum atomic E-state index is -0.0983. The van der Waals surface area contributed by atoms with Crippen LogP contribution in [0.4, 0.5) is 0 Å². The number of nitrogens with zero attached hydrogens (tertiary/aromatic N) is 1. The van der Waals surface area contributed by atoms with Crippen molar-refractivity contribution in [1.82, 2.24) is 10.3 Å². The van der Waals surface area contributed by atoms with Crippen molar-refractivity contribution in [3.63, 3.8) is 0 Å². The standard InChI is InChI=1S/C11H15ClN2OS/c12-8-4-2-1-3-5-9(8)14-11(15)10-6-16-7-13-10/h6-9H,1-5H2,(H,14,15). The molecule has 1 aliphatic carbocycles. The summed E-state index contributed by atoms with van der Waals surface area (Å²) in [5.74, 6) is -0.0983. The maximum atomic E-state index is 11.8. The molecule has 1 N–H and O–H groups in total. The van der Waals surface area contributed by atoms with Gasteiger partial charge in [0.25, 0.3) is 5.91 Å². The molecule has 1 aromatic rings. The number of nitrogens with one attached hydrogen (secondary N) is 1. The van der Waals surface area contributed by atoms with Gasteiger partial charge in [0.05, 0.1) is 10.9 Å². The summed E-state index contributed by atoms with van der Waals surface area (Å²) in [7, 11) is 0. The summed E-state index contributed by atoms with van der Waals surface area (Å²) in [6, 6.07) is 0.0957. The Morgan fingerprint density at radius 2 is 2.25 bits per heavy atom. The molecule has 88 valence electrons. The molecule has 1 aliphatic rings. The predicted octanol–water partition coefficient (Wildman–Crippen LogP) is 2.81. The Labute approximate surface area is 104 Å². The number of thiazole rings is 1. The first-order chi connectivity index (χ1) is 7.77. The van der Waals surface area contributed by atoms with E-state index < -0.39 is 0 Å². The van der Waals surface area contributed by atoms with Gasteiger partial charge in [-0.25, -0.2) is 4.98 Å². The van der Waals surface area contributed by atoms with Crippen molar-refractivity contribution in [3.05, 3.63) is 16.6 Å². The van der Waals surface area contributed by atoms with Gasteiger partial charge >= 0.3 is 0 Å². The predicted molar refractivity (Wildman–Crippen MR) is 66.1 cm³/mol. The normalized spacial score (nSPS) is 26.1. The lowest BCUT2D eigenvalue weighted by atomic mass is 10.1. The molecule has 16 heavy (non-hydrogen) atoms. The van der Waals surface area contributed by atoms with Crippen molar-refractivity contribution in [2.24, 2.45) is 0 Å². The van der Waals surface area contributed by atoms with Gasteiger partial charge in [-0.3, -0.25) is 4.79 Å². The van der Waals surface area contributed by atoms with Gasteiger partial charge in [-0.05, 0) is 12.8 Å². The fourth-order valence-electron chi connectivity index (χ4n) is 1.99. The van der Waals surface area contributed by atoms with Crippen molar-refractivity contribution >= 4 is 28.8 Å².